The maximum atomic E-state index is 12.3. The highest BCUT2D eigenvalue weighted by Crippen LogP contribution is 2.29. The highest BCUT2D eigenvalue weighted by molar-refractivity contribution is 7.93. The van der Waals surface area contributed by atoms with Crippen molar-refractivity contribution >= 4 is 50.0 Å². The number of hydrogen-bond donors (Lipinski definition) is 3. The Bertz CT molecular complexity index is 925. The van der Waals surface area contributed by atoms with Gasteiger partial charge in [-0.15, -0.1) is 0 Å². The second-order valence-corrected chi connectivity index (χ2v) is 7.69. The molecule has 2 aromatic rings. The maximum absolute atomic E-state index is 12.3. The molecule has 0 saturated heterocycles. The largest absolute Gasteiger partial charge is 0.325 e. The number of nitrogens with one attached hydrogen (secondary N) is 3. The number of aromatic nitrogens is 1. The Morgan fingerprint density at radius 1 is 1.16 bits per heavy atom. The lowest BCUT2D eigenvalue weighted by molar-refractivity contribution is 0.252. The number of amides is 2. The maximum Gasteiger partial charge on any atom is 0.320 e. The monoisotopic (exact) mass is 378 g/mol. The molecule has 0 spiro atoms. The summed E-state index contributed by atoms with van der Waals surface area (Å²) < 4.78 is 27.0. The molecule has 3 N–H and O–H groups in total. The van der Waals surface area contributed by atoms with E-state index < -0.39 is 16.1 Å². The van der Waals surface area contributed by atoms with Crippen LogP contribution in [0.5, 0.6) is 0 Å². The summed E-state index contributed by atoms with van der Waals surface area (Å²) in [5.74, 6) is 0. The first-order valence-electron chi connectivity index (χ1n) is 7.13. The van der Waals surface area contributed by atoms with Crippen molar-refractivity contribution in [2.24, 2.45) is 10.2 Å². The second kappa shape index (κ2) is 6.99. The van der Waals surface area contributed by atoms with Crippen LogP contribution in [0.3, 0.4) is 0 Å². The van der Waals surface area contributed by atoms with Crippen LogP contribution >= 0.6 is 11.3 Å². The molecule has 2 amide bonds. The predicted molar refractivity (Wildman–Crippen MR) is 97.0 cm³/mol. The van der Waals surface area contributed by atoms with E-state index in [2.05, 4.69) is 30.5 Å². The fourth-order valence-corrected chi connectivity index (χ4v) is 4.07. The Hall–Kier alpha value is -2.79. The molecule has 1 aliphatic heterocycles. The van der Waals surface area contributed by atoms with E-state index in [9.17, 15) is 13.2 Å². The predicted octanol–water partition coefficient (Wildman–Crippen LogP) is 1.81. The Morgan fingerprint density at radius 3 is 2.52 bits per heavy atom. The summed E-state index contributed by atoms with van der Waals surface area (Å²) >= 11 is 1.03. The number of thiazole rings is 1. The van der Waals surface area contributed by atoms with Crippen LogP contribution in [-0.4, -0.2) is 37.9 Å². The van der Waals surface area contributed by atoms with Gasteiger partial charge in [-0.2, -0.15) is 10.2 Å². The molecule has 2 heterocycles. The van der Waals surface area contributed by atoms with E-state index in [1.165, 1.54) is 24.6 Å². The van der Waals surface area contributed by atoms with Crippen molar-refractivity contribution in [2.45, 2.75) is 17.9 Å². The van der Waals surface area contributed by atoms with Crippen LogP contribution in [-0.2, 0) is 10.0 Å². The molecule has 0 radical (unpaired) electrons. The molecule has 0 atom stereocenters. The summed E-state index contributed by atoms with van der Waals surface area (Å²) in [7, 11) is -3.73. The minimum absolute atomic E-state index is 0.134. The molecule has 3 rings (SSSR count). The molecular weight excluding hydrogens is 364 g/mol. The summed E-state index contributed by atoms with van der Waals surface area (Å²) in [4.78, 5) is 16.2. The number of anilines is 2. The third-order valence-corrected chi connectivity index (χ3v) is 5.59. The van der Waals surface area contributed by atoms with Crippen molar-refractivity contribution in [2.75, 3.05) is 10.0 Å². The number of benzene rings is 1. The van der Waals surface area contributed by atoms with Crippen LogP contribution in [0.1, 0.15) is 5.69 Å². The number of aryl methyl sites for hydroxylation is 1. The van der Waals surface area contributed by atoms with Gasteiger partial charge in [-0.05, 0) is 19.1 Å². The average Bonchev–Trinajstić information content (AvgIpc) is 3.18. The van der Waals surface area contributed by atoms with E-state index in [0.717, 1.165) is 11.3 Å². The van der Waals surface area contributed by atoms with Crippen molar-refractivity contribution in [1.82, 2.24) is 10.3 Å². The Kier molecular flexibility index (Phi) is 4.76. The summed E-state index contributed by atoms with van der Waals surface area (Å²) in [6, 6.07) is 7.13. The molecule has 0 saturated carbocycles. The van der Waals surface area contributed by atoms with E-state index in [4.69, 9.17) is 0 Å². The number of hydrogen-bond acceptors (Lipinski definition) is 7. The van der Waals surface area contributed by atoms with E-state index >= 15 is 0 Å². The van der Waals surface area contributed by atoms with Crippen LogP contribution < -0.4 is 15.4 Å². The Morgan fingerprint density at radius 2 is 1.84 bits per heavy atom. The van der Waals surface area contributed by atoms with Gasteiger partial charge >= 0.3 is 6.03 Å². The van der Waals surface area contributed by atoms with E-state index in [-0.39, 0.29) is 16.1 Å². The van der Waals surface area contributed by atoms with Crippen LogP contribution in [0.25, 0.3) is 0 Å². The molecule has 11 heteroatoms. The average molecular weight is 378 g/mol. The number of carbonyl (C=O) groups is 1. The lowest BCUT2D eigenvalue weighted by atomic mass is 10.4. The van der Waals surface area contributed by atoms with Crippen molar-refractivity contribution in [1.29, 1.82) is 0 Å². The van der Waals surface area contributed by atoms with Crippen molar-refractivity contribution in [3.63, 3.8) is 0 Å². The quantitative estimate of drug-likeness (QED) is 0.734. The first kappa shape index (κ1) is 17.0. The molecule has 1 aromatic carbocycles. The molecule has 0 aliphatic carbocycles. The minimum atomic E-state index is -3.73. The summed E-state index contributed by atoms with van der Waals surface area (Å²) in [6.45, 7) is 1.67. The molecule has 0 unspecified atom stereocenters. The Labute approximate surface area is 148 Å². The zero-order chi connectivity index (χ0) is 17.9. The van der Waals surface area contributed by atoms with Gasteiger partial charge in [0, 0.05) is 0 Å². The zero-order valence-corrected chi connectivity index (χ0v) is 14.6. The SMILES string of the molecule is Cc1nc(NS(=O)(=O)c2ccccc2)sc1NC(=O)NC1C=NN=C1. The third-order valence-electron chi connectivity index (χ3n) is 3.12. The first-order valence-corrected chi connectivity index (χ1v) is 9.43. The zero-order valence-electron chi connectivity index (χ0n) is 13.0. The normalized spacial score (nSPS) is 13.8. The van der Waals surface area contributed by atoms with Gasteiger partial charge in [0.25, 0.3) is 10.0 Å². The highest BCUT2D eigenvalue weighted by Gasteiger charge is 2.18. The van der Waals surface area contributed by atoms with Crippen LogP contribution in [0.15, 0.2) is 45.4 Å². The topological polar surface area (TPSA) is 125 Å². The van der Waals surface area contributed by atoms with E-state index in [0.29, 0.717) is 10.7 Å². The molecule has 1 aliphatic rings. The van der Waals surface area contributed by atoms with Gasteiger partial charge in [0.1, 0.15) is 11.0 Å². The van der Waals surface area contributed by atoms with Crippen LogP contribution in [0.2, 0.25) is 0 Å². The van der Waals surface area contributed by atoms with Gasteiger partial charge in [-0.1, -0.05) is 29.5 Å². The van der Waals surface area contributed by atoms with Gasteiger partial charge in [-0.25, -0.2) is 18.2 Å². The highest BCUT2D eigenvalue weighted by atomic mass is 32.2. The number of carbonyl (C=O) groups excluding carboxylic acids is 1. The van der Waals surface area contributed by atoms with Crippen molar-refractivity contribution in [3.05, 3.63) is 36.0 Å². The van der Waals surface area contributed by atoms with Gasteiger partial charge in [0.05, 0.1) is 23.0 Å². The lowest BCUT2D eigenvalue weighted by Crippen LogP contribution is -2.38. The number of urea groups is 1. The lowest BCUT2D eigenvalue weighted by Gasteiger charge is -2.07. The van der Waals surface area contributed by atoms with Crippen LogP contribution in [0.4, 0.5) is 14.9 Å². The number of sulfonamides is 1. The molecule has 0 fully saturated rings. The Balaban J connectivity index is 1.69. The summed E-state index contributed by atoms with van der Waals surface area (Å²) in [5.41, 5.74) is 0.500. The summed E-state index contributed by atoms with van der Waals surface area (Å²) in [5, 5.41) is 13.1. The summed E-state index contributed by atoms with van der Waals surface area (Å²) in [6.07, 6.45) is 2.97. The number of nitrogens with zero attached hydrogens (tertiary/aromatic N) is 3. The first-order chi connectivity index (χ1) is 11.9. The van der Waals surface area contributed by atoms with E-state index in [1.807, 2.05) is 0 Å². The molecule has 25 heavy (non-hydrogen) atoms. The van der Waals surface area contributed by atoms with Crippen molar-refractivity contribution in [3.8, 4) is 0 Å². The van der Waals surface area contributed by atoms with E-state index in [1.54, 1.807) is 25.1 Å². The van der Waals surface area contributed by atoms with Crippen molar-refractivity contribution < 1.29 is 13.2 Å². The third kappa shape index (κ3) is 4.19. The molecule has 130 valence electrons. The standard InChI is InChI=1S/C14H14N6O3S2/c1-9-12(19-13(21)18-10-7-15-16-8-10)24-14(17-9)20-25(22,23)11-5-3-2-4-6-11/h2-8,10H,1H3,(H,17,20)(H2,18,19,21). The fraction of sp³-hybridized carbons (Fsp3) is 0.143. The van der Waals surface area contributed by atoms with Gasteiger partial charge < -0.3 is 5.32 Å². The fourth-order valence-electron chi connectivity index (χ4n) is 1.95. The number of rotatable bonds is 5. The van der Waals surface area contributed by atoms with Gasteiger partial charge in [-0.3, -0.25) is 10.0 Å². The molecule has 1 aromatic heterocycles. The van der Waals surface area contributed by atoms with Gasteiger partial charge in [0.15, 0.2) is 5.13 Å². The second-order valence-electron chi connectivity index (χ2n) is 5.01. The molecule has 9 nitrogen and oxygen atoms in total. The van der Waals surface area contributed by atoms with Crippen LogP contribution in [0, 0.1) is 6.92 Å². The van der Waals surface area contributed by atoms with Gasteiger partial charge in [0.2, 0.25) is 0 Å². The molecular formula is C14H14N6O3S2. The smallest absolute Gasteiger partial charge is 0.320 e. The molecule has 0 bridgehead atoms. The minimum Gasteiger partial charge on any atom is -0.325 e.